The molecule has 0 saturated carbocycles. The third kappa shape index (κ3) is 5.31. The molecule has 0 spiro atoms. The number of guanidine groups is 1. The van der Waals surface area contributed by atoms with Crippen LogP contribution in [-0.4, -0.2) is 40.8 Å². The van der Waals surface area contributed by atoms with Gasteiger partial charge in [-0.05, 0) is 24.3 Å². The van der Waals surface area contributed by atoms with E-state index in [1.54, 1.807) is 7.05 Å². The zero-order valence-electron chi connectivity index (χ0n) is 13.9. The Morgan fingerprint density at radius 2 is 1.88 bits per heavy atom. The summed E-state index contributed by atoms with van der Waals surface area (Å²) in [4.78, 5) is 4.19. The smallest absolute Gasteiger partial charge is 0.191 e. The van der Waals surface area contributed by atoms with Crippen molar-refractivity contribution in [2.24, 2.45) is 4.99 Å². The number of nitrogens with zero attached hydrogens (tertiary/aromatic N) is 4. The quantitative estimate of drug-likeness (QED) is 0.259. The highest BCUT2D eigenvalue weighted by molar-refractivity contribution is 14.0. The van der Waals surface area contributed by atoms with Crippen LogP contribution in [0.3, 0.4) is 0 Å². The Morgan fingerprint density at radius 1 is 1.08 bits per heavy atom. The second-order valence-electron chi connectivity index (χ2n) is 5.06. The fraction of sp³-hybridized carbons (Fsp3) is 0.235. The zero-order chi connectivity index (χ0) is 16.6. The van der Waals surface area contributed by atoms with E-state index < -0.39 is 0 Å². The largest absolute Gasteiger partial charge is 0.492 e. The number of aromatic nitrogens is 3. The number of nitrogens with one attached hydrogen (secondary N) is 2. The fourth-order valence-electron chi connectivity index (χ4n) is 2.25. The van der Waals surface area contributed by atoms with Gasteiger partial charge in [-0.3, -0.25) is 9.39 Å². The van der Waals surface area contributed by atoms with Crippen LogP contribution in [0.25, 0.3) is 5.65 Å². The molecule has 0 aliphatic carbocycles. The number of aliphatic imine (C=N–C) groups is 1. The summed E-state index contributed by atoms with van der Waals surface area (Å²) >= 11 is 0. The predicted molar refractivity (Wildman–Crippen MR) is 109 cm³/mol. The number of pyridine rings is 1. The molecule has 25 heavy (non-hydrogen) atoms. The predicted octanol–water partition coefficient (Wildman–Crippen LogP) is 2.09. The number of ether oxygens (including phenoxy) is 1. The van der Waals surface area contributed by atoms with Crippen molar-refractivity contribution in [2.45, 2.75) is 6.54 Å². The highest BCUT2D eigenvalue weighted by atomic mass is 127. The van der Waals surface area contributed by atoms with Gasteiger partial charge in [0.15, 0.2) is 17.4 Å². The summed E-state index contributed by atoms with van der Waals surface area (Å²) in [5.41, 5.74) is 0.827. The Morgan fingerprint density at radius 3 is 2.68 bits per heavy atom. The van der Waals surface area contributed by atoms with Crippen LogP contribution in [0, 0.1) is 0 Å². The molecule has 0 aliphatic heterocycles. The molecule has 2 aromatic heterocycles. The highest BCUT2D eigenvalue weighted by Gasteiger charge is 2.05. The normalized spacial score (nSPS) is 11.0. The van der Waals surface area contributed by atoms with E-state index in [0.717, 1.165) is 17.2 Å². The van der Waals surface area contributed by atoms with E-state index in [4.69, 9.17) is 4.74 Å². The first kappa shape index (κ1) is 19.0. The SMILES string of the molecule is CN=C(NCCOc1ccccc1)NCc1nnc2ccccn12.I. The van der Waals surface area contributed by atoms with Gasteiger partial charge in [-0.1, -0.05) is 24.3 Å². The molecule has 1 aromatic carbocycles. The van der Waals surface area contributed by atoms with Crippen molar-refractivity contribution >= 4 is 35.6 Å². The summed E-state index contributed by atoms with van der Waals surface area (Å²) in [7, 11) is 1.73. The van der Waals surface area contributed by atoms with Crippen LogP contribution in [0.5, 0.6) is 5.75 Å². The van der Waals surface area contributed by atoms with Crippen molar-refractivity contribution in [3.8, 4) is 5.75 Å². The number of rotatable bonds is 6. The monoisotopic (exact) mass is 452 g/mol. The Kier molecular flexibility index (Phi) is 7.45. The van der Waals surface area contributed by atoms with Crippen molar-refractivity contribution in [3.63, 3.8) is 0 Å². The van der Waals surface area contributed by atoms with Gasteiger partial charge in [-0.25, -0.2) is 0 Å². The Balaban J connectivity index is 0.00000225. The molecule has 8 heteroatoms. The van der Waals surface area contributed by atoms with Crippen LogP contribution in [-0.2, 0) is 6.54 Å². The van der Waals surface area contributed by atoms with E-state index in [9.17, 15) is 0 Å². The zero-order valence-corrected chi connectivity index (χ0v) is 16.3. The lowest BCUT2D eigenvalue weighted by atomic mass is 10.3. The Labute approximate surface area is 163 Å². The molecule has 0 fully saturated rings. The molecular formula is C17H21IN6O. The van der Waals surface area contributed by atoms with Crippen molar-refractivity contribution in [3.05, 3.63) is 60.6 Å². The van der Waals surface area contributed by atoms with Crippen LogP contribution in [0.4, 0.5) is 0 Å². The van der Waals surface area contributed by atoms with Gasteiger partial charge in [0, 0.05) is 13.2 Å². The number of hydrogen-bond donors (Lipinski definition) is 2. The molecule has 0 atom stereocenters. The molecule has 0 unspecified atom stereocenters. The van der Waals surface area contributed by atoms with Gasteiger partial charge < -0.3 is 15.4 Å². The summed E-state index contributed by atoms with van der Waals surface area (Å²) < 4.78 is 7.58. The molecule has 0 radical (unpaired) electrons. The molecular weight excluding hydrogens is 431 g/mol. The minimum absolute atomic E-state index is 0. The van der Waals surface area contributed by atoms with E-state index in [2.05, 4.69) is 25.8 Å². The summed E-state index contributed by atoms with van der Waals surface area (Å²) in [6, 6.07) is 15.5. The number of fused-ring (bicyclic) bond motifs is 1. The van der Waals surface area contributed by atoms with Gasteiger partial charge in [0.2, 0.25) is 0 Å². The number of para-hydroxylation sites is 1. The number of halogens is 1. The molecule has 7 nitrogen and oxygen atoms in total. The van der Waals surface area contributed by atoms with Gasteiger partial charge in [-0.15, -0.1) is 34.2 Å². The van der Waals surface area contributed by atoms with E-state index in [-0.39, 0.29) is 24.0 Å². The highest BCUT2D eigenvalue weighted by Crippen LogP contribution is 2.07. The summed E-state index contributed by atoms with van der Waals surface area (Å²) in [6.45, 7) is 1.73. The lowest BCUT2D eigenvalue weighted by Gasteiger charge is -2.12. The summed E-state index contributed by atoms with van der Waals surface area (Å²) in [6.07, 6.45) is 1.94. The number of hydrogen-bond acceptors (Lipinski definition) is 4. The second kappa shape index (κ2) is 9.82. The summed E-state index contributed by atoms with van der Waals surface area (Å²) in [5.74, 6) is 2.38. The standard InChI is InChI=1S/C17H20N6O.HI/c1-18-17(19-10-12-24-14-7-3-2-4-8-14)20-13-16-22-21-15-9-5-6-11-23(15)16;/h2-9,11H,10,12-13H2,1H3,(H2,18,19,20);1H. The Bertz CT molecular complexity index is 805. The number of benzene rings is 1. The minimum atomic E-state index is 0. The van der Waals surface area contributed by atoms with E-state index in [0.29, 0.717) is 25.7 Å². The molecule has 0 saturated heterocycles. The average molecular weight is 452 g/mol. The van der Waals surface area contributed by atoms with Crippen molar-refractivity contribution < 1.29 is 4.74 Å². The van der Waals surface area contributed by atoms with Gasteiger partial charge in [0.05, 0.1) is 13.1 Å². The maximum absolute atomic E-state index is 5.64. The molecule has 2 N–H and O–H groups in total. The van der Waals surface area contributed by atoms with Crippen molar-refractivity contribution in [1.29, 1.82) is 0 Å². The molecule has 3 aromatic rings. The minimum Gasteiger partial charge on any atom is -0.492 e. The molecule has 0 aliphatic rings. The first-order valence-corrected chi connectivity index (χ1v) is 7.78. The van der Waals surface area contributed by atoms with Crippen LogP contribution in [0.1, 0.15) is 5.82 Å². The topological polar surface area (TPSA) is 75.8 Å². The van der Waals surface area contributed by atoms with Crippen LogP contribution in [0.2, 0.25) is 0 Å². The van der Waals surface area contributed by atoms with Crippen LogP contribution >= 0.6 is 24.0 Å². The Hall–Kier alpha value is -2.36. The third-order valence-corrected chi connectivity index (χ3v) is 3.43. The first-order valence-electron chi connectivity index (χ1n) is 7.78. The van der Waals surface area contributed by atoms with Gasteiger partial charge in [-0.2, -0.15) is 0 Å². The van der Waals surface area contributed by atoms with Crippen LogP contribution in [0.15, 0.2) is 59.7 Å². The van der Waals surface area contributed by atoms with Gasteiger partial charge >= 0.3 is 0 Å². The van der Waals surface area contributed by atoms with Gasteiger partial charge in [0.1, 0.15) is 12.4 Å². The fourth-order valence-corrected chi connectivity index (χ4v) is 2.25. The van der Waals surface area contributed by atoms with Crippen LogP contribution < -0.4 is 15.4 Å². The second-order valence-corrected chi connectivity index (χ2v) is 5.06. The molecule has 3 rings (SSSR count). The average Bonchev–Trinajstić information content (AvgIpc) is 3.05. The lowest BCUT2D eigenvalue weighted by Crippen LogP contribution is -2.39. The van der Waals surface area contributed by atoms with E-state index in [1.807, 2.05) is 59.1 Å². The van der Waals surface area contributed by atoms with Gasteiger partial charge in [0.25, 0.3) is 0 Å². The maximum atomic E-state index is 5.64. The van der Waals surface area contributed by atoms with Crippen molar-refractivity contribution in [2.75, 3.05) is 20.2 Å². The molecule has 132 valence electrons. The summed E-state index contributed by atoms with van der Waals surface area (Å²) in [5, 5.41) is 14.7. The van der Waals surface area contributed by atoms with Crippen molar-refractivity contribution in [1.82, 2.24) is 25.2 Å². The lowest BCUT2D eigenvalue weighted by molar-refractivity contribution is 0.322. The molecule has 0 amide bonds. The van der Waals surface area contributed by atoms with E-state index >= 15 is 0 Å². The third-order valence-electron chi connectivity index (χ3n) is 3.43. The maximum Gasteiger partial charge on any atom is 0.191 e. The molecule has 0 bridgehead atoms. The van der Waals surface area contributed by atoms with E-state index in [1.165, 1.54) is 0 Å². The molecule has 2 heterocycles. The first-order chi connectivity index (χ1) is 11.9.